The van der Waals surface area contributed by atoms with Crippen molar-refractivity contribution in [3.8, 4) is 0 Å². The zero-order valence-electron chi connectivity index (χ0n) is 13.6. The summed E-state index contributed by atoms with van der Waals surface area (Å²) in [6.45, 7) is 12.1. The van der Waals surface area contributed by atoms with Gasteiger partial charge in [0.15, 0.2) is 0 Å². The Hall–Kier alpha value is -0.520. The predicted octanol–water partition coefficient (Wildman–Crippen LogP) is 6.14. The van der Waals surface area contributed by atoms with Gasteiger partial charge in [-0.15, -0.1) is 0 Å². The van der Waals surface area contributed by atoms with Gasteiger partial charge in [-0.05, 0) is 54.4 Å². The van der Waals surface area contributed by atoms with Crippen LogP contribution >= 0.6 is 0 Å². The van der Waals surface area contributed by atoms with Crippen LogP contribution in [0, 0.1) is 23.2 Å². The van der Waals surface area contributed by atoms with E-state index in [0.717, 1.165) is 17.8 Å². The second-order valence-electron chi connectivity index (χ2n) is 7.42. The minimum Gasteiger partial charge on any atom is -0.0807 e. The second kappa shape index (κ2) is 5.85. The number of hydrogen-bond donors (Lipinski definition) is 0. The molecule has 3 unspecified atom stereocenters. The SMILES string of the molecule is CCCCC1(C)C(C)CC=C2C=C(C(C)C)CCC21. The molecule has 0 amide bonds. The van der Waals surface area contributed by atoms with Gasteiger partial charge in [0.2, 0.25) is 0 Å². The molecule has 0 heterocycles. The molecular formula is C19H32. The summed E-state index contributed by atoms with van der Waals surface area (Å²) in [5.74, 6) is 2.40. The van der Waals surface area contributed by atoms with Crippen molar-refractivity contribution in [2.45, 2.75) is 73.1 Å². The summed E-state index contributed by atoms with van der Waals surface area (Å²) in [4.78, 5) is 0. The molecule has 0 N–H and O–H groups in total. The van der Waals surface area contributed by atoms with E-state index in [1.165, 1.54) is 38.5 Å². The van der Waals surface area contributed by atoms with Crippen LogP contribution in [-0.4, -0.2) is 0 Å². The molecule has 0 spiro atoms. The monoisotopic (exact) mass is 260 g/mol. The maximum Gasteiger partial charge on any atom is -0.0105 e. The van der Waals surface area contributed by atoms with Crippen molar-refractivity contribution in [1.29, 1.82) is 0 Å². The Morgan fingerprint density at radius 2 is 2.11 bits per heavy atom. The lowest BCUT2D eigenvalue weighted by molar-refractivity contribution is 0.0909. The summed E-state index contributed by atoms with van der Waals surface area (Å²) in [6.07, 6.45) is 13.2. The number of unbranched alkanes of at least 4 members (excludes halogenated alkanes) is 1. The van der Waals surface area contributed by atoms with Gasteiger partial charge >= 0.3 is 0 Å². The van der Waals surface area contributed by atoms with E-state index < -0.39 is 0 Å². The van der Waals surface area contributed by atoms with E-state index in [9.17, 15) is 0 Å². The molecule has 0 aliphatic heterocycles. The van der Waals surface area contributed by atoms with Crippen LogP contribution in [0.15, 0.2) is 23.3 Å². The van der Waals surface area contributed by atoms with E-state index in [0.29, 0.717) is 5.41 Å². The molecule has 2 rings (SSSR count). The molecule has 0 saturated carbocycles. The Morgan fingerprint density at radius 3 is 2.74 bits per heavy atom. The molecule has 0 nitrogen and oxygen atoms in total. The first-order valence-corrected chi connectivity index (χ1v) is 8.39. The van der Waals surface area contributed by atoms with Crippen LogP contribution in [-0.2, 0) is 0 Å². The number of allylic oxidation sites excluding steroid dienone is 4. The highest BCUT2D eigenvalue weighted by atomic mass is 14.5. The van der Waals surface area contributed by atoms with Gasteiger partial charge in [-0.3, -0.25) is 0 Å². The highest BCUT2D eigenvalue weighted by molar-refractivity contribution is 5.34. The molecule has 19 heavy (non-hydrogen) atoms. The van der Waals surface area contributed by atoms with Crippen molar-refractivity contribution >= 4 is 0 Å². The molecular weight excluding hydrogens is 228 g/mol. The lowest BCUT2D eigenvalue weighted by Gasteiger charge is -2.48. The molecule has 0 heteroatoms. The summed E-state index contributed by atoms with van der Waals surface area (Å²) in [6, 6.07) is 0. The molecule has 0 fully saturated rings. The normalized spacial score (nSPS) is 34.8. The molecule has 0 aromatic rings. The number of rotatable bonds is 4. The molecule has 0 saturated heterocycles. The van der Waals surface area contributed by atoms with Crippen molar-refractivity contribution < 1.29 is 0 Å². The first-order valence-electron chi connectivity index (χ1n) is 8.39. The molecule has 0 bridgehead atoms. The second-order valence-corrected chi connectivity index (χ2v) is 7.42. The zero-order valence-corrected chi connectivity index (χ0v) is 13.6. The van der Waals surface area contributed by atoms with Crippen LogP contribution < -0.4 is 0 Å². The maximum atomic E-state index is 2.57. The van der Waals surface area contributed by atoms with Crippen molar-refractivity contribution in [1.82, 2.24) is 0 Å². The summed E-state index contributed by atoms with van der Waals surface area (Å²) in [7, 11) is 0. The summed E-state index contributed by atoms with van der Waals surface area (Å²) in [5, 5.41) is 0. The number of fused-ring (bicyclic) bond motifs is 1. The van der Waals surface area contributed by atoms with E-state index in [1.54, 1.807) is 11.1 Å². The van der Waals surface area contributed by atoms with Crippen molar-refractivity contribution in [3.05, 3.63) is 23.3 Å². The van der Waals surface area contributed by atoms with E-state index in [-0.39, 0.29) is 0 Å². The zero-order chi connectivity index (χ0) is 14.0. The van der Waals surface area contributed by atoms with E-state index in [1.807, 2.05) is 0 Å². The third-order valence-corrected chi connectivity index (χ3v) is 5.92. The minimum absolute atomic E-state index is 0.541. The first-order chi connectivity index (χ1) is 8.99. The molecule has 0 aromatic heterocycles. The Kier molecular flexibility index (Phi) is 4.58. The van der Waals surface area contributed by atoms with Gasteiger partial charge in [0, 0.05) is 0 Å². The van der Waals surface area contributed by atoms with Gasteiger partial charge in [-0.1, -0.05) is 65.2 Å². The Balaban J connectivity index is 2.25. The average Bonchev–Trinajstić information content (AvgIpc) is 2.40. The topological polar surface area (TPSA) is 0 Å². The van der Waals surface area contributed by atoms with Gasteiger partial charge in [-0.25, -0.2) is 0 Å². The van der Waals surface area contributed by atoms with Gasteiger partial charge in [0.05, 0.1) is 0 Å². The summed E-state index contributed by atoms with van der Waals surface area (Å²) < 4.78 is 0. The highest BCUT2D eigenvalue weighted by Crippen LogP contribution is 2.53. The van der Waals surface area contributed by atoms with Crippen molar-refractivity contribution in [2.75, 3.05) is 0 Å². The van der Waals surface area contributed by atoms with Gasteiger partial charge in [0.1, 0.15) is 0 Å². The molecule has 2 aliphatic rings. The van der Waals surface area contributed by atoms with Crippen LogP contribution in [0.1, 0.15) is 73.1 Å². The van der Waals surface area contributed by atoms with Crippen molar-refractivity contribution in [2.24, 2.45) is 23.2 Å². The van der Waals surface area contributed by atoms with Crippen molar-refractivity contribution in [3.63, 3.8) is 0 Å². The third kappa shape index (κ3) is 2.83. The fraction of sp³-hybridized carbons (Fsp3) is 0.789. The van der Waals surface area contributed by atoms with E-state index in [2.05, 4.69) is 46.8 Å². The predicted molar refractivity (Wildman–Crippen MR) is 85.1 cm³/mol. The molecule has 3 atom stereocenters. The van der Waals surface area contributed by atoms with Crippen LogP contribution in [0.2, 0.25) is 0 Å². The van der Waals surface area contributed by atoms with Crippen LogP contribution in [0.3, 0.4) is 0 Å². The molecule has 0 radical (unpaired) electrons. The molecule has 0 aromatic carbocycles. The maximum absolute atomic E-state index is 2.57. The lowest BCUT2D eigenvalue weighted by atomic mass is 9.56. The fourth-order valence-corrected chi connectivity index (χ4v) is 4.14. The Labute approximate surface area is 120 Å². The standard InChI is InChI=1S/C19H32/c1-6-7-12-19(5)15(4)8-9-17-13-16(14(2)3)10-11-18(17)19/h9,13-15,18H,6-8,10-12H2,1-5H3. The van der Waals surface area contributed by atoms with Gasteiger partial charge in [0.25, 0.3) is 0 Å². The highest BCUT2D eigenvalue weighted by Gasteiger charge is 2.42. The van der Waals surface area contributed by atoms with Gasteiger partial charge in [-0.2, -0.15) is 0 Å². The van der Waals surface area contributed by atoms with Crippen LogP contribution in [0.4, 0.5) is 0 Å². The molecule has 2 aliphatic carbocycles. The quantitative estimate of drug-likeness (QED) is 0.569. The average molecular weight is 260 g/mol. The van der Waals surface area contributed by atoms with E-state index >= 15 is 0 Å². The lowest BCUT2D eigenvalue weighted by Crippen LogP contribution is -2.39. The van der Waals surface area contributed by atoms with E-state index in [4.69, 9.17) is 0 Å². The smallest absolute Gasteiger partial charge is 0.0105 e. The van der Waals surface area contributed by atoms with Crippen LogP contribution in [0.5, 0.6) is 0 Å². The summed E-state index contributed by atoms with van der Waals surface area (Å²) in [5.41, 5.74) is 3.89. The Morgan fingerprint density at radius 1 is 1.37 bits per heavy atom. The summed E-state index contributed by atoms with van der Waals surface area (Å²) >= 11 is 0. The fourth-order valence-electron chi connectivity index (χ4n) is 4.14. The van der Waals surface area contributed by atoms with Gasteiger partial charge < -0.3 is 0 Å². The largest absolute Gasteiger partial charge is 0.0807 e. The number of hydrogen-bond acceptors (Lipinski definition) is 0. The third-order valence-electron chi connectivity index (χ3n) is 5.92. The van der Waals surface area contributed by atoms with Crippen LogP contribution in [0.25, 0.3) is 0 Å². The molecule has 108 valence electrons. The first kappa shape index (κ1) is 14.9. The Bertz CT molecular complexity index is 371. The minimum atomic E-state index is 0.541.